The molecule has 0 radical (unpaired) electrons. The van der Waals surface area contributed by atoms with Crippen LogP contribution in [0.4, 0.5) is 0 Å². The number of hydrogen-bond acceptors (Lipinski definition) is 3. The van der Waals surface area contributed by atoms with E-state index in [0.29, 0.717) is 25.5 Å². The van der Waals surface area contributed by atoms with Crippen LogP contribution in [0.1, 0.15) is 25.7 Å². The first-order valence-electron chi connectivity index (χ1n) is 5.75. The Hall–Kier alpha value is 0.160. The van der Waals surface area contributed by atoms with Crippen molar-refractivity contribution in [2.45, 2.75) is 25.7 Å². The molecule has 0 spiro atoms. The van der Waals surface area contributed by atoms with Gasteiger partial charge in [-0.15, -0.1) is 11.6 Å². The highest BCUT2D eigenvalue weighted by Gasteiger charge is 2.20. The molecule has 1 aliphatic carbocycles. The van der Waals surface area contributed by atoms with Crippen molar-refractivity contribution in [3.63, 3.8) is 0 Å². The summed E-state index contributed by atoms with van der Waals surface area (Å²) >= 11 is 5.43. The molecule has 1 N–H and O–H groups in total. The summed E-state index contributed by atoms with van der Waals surface area (Å²) in [5.41, 5.74) is 0. The van der Waals surface area contributed by atoms with E-state index >= 15 is 0 Å². The first-order valence-corrected chi connectivity index (χ1v) is 7.94. The van der Waals surface area contributed by atoms with Crippen molar-refractivity contribution in [1.82, 2.24) is 4.72 Å². The monoisotopic (exact) mass is 269 g/mol. The predicted molar refractivity (Wildman–Crippen MR) is 65.3 cm³/mol. The zero-order valence-corrected chi connectivity index (χ0v) is 11.0. The van der Waals surface area contributed by atoms with Crippen molar-refractivity contribution in [2.24, 2.45) is 5.92 Å². The maximum absolute atomic E-state index is 11.3. The molecular weight excluding hydrogens is 250 g/mol. The second-order valence-corrected chi connectivity index (χ2v) is 6.43. The van der Waals surface area contributed by atoms with Crippen LogP contribution in [-0.2, 0) is 14.8 Å². The van der Waals surface area contributed by atoms with Crippen LogP contribution < -0.4 is 4.72 Å². The van der Waals surface area contributed by atoms with Crippen LogP contribution in [0.15, 0.2) is 0 Å². The fourth-order valence-electron chi connectivity index (χ4n) is 1.25. The lowest BCUT2D eigenvalue weighted by Crippen LogP contribution is -2.28. The Morgan fingerprint density at radius 2 is 2.06 bits per heavy atom. The molecule has 0 aromatic rings. The smallest absolute Gasteiger partial charge is 0.211 e. The van der Waals surface area contributed by atoms with Crippen molar-refractivity contribution in [2.75, 3.05) is 31.4 Å². The number of rotatable bonds is 10. The molecular formula is C10H20ClNO3S. The normalized spacial score (nSPS) is 16.6. The highest BCUT2D eigenvalue weighted by molar-refractivity contribution is 7.89. The average molecular weight is 270 g/mol. The second kappa shape index (κ2) is 7.48. The zero-order chi connectivity index (χ0) is 11.9. The van der Waals surface area contributed by atoms with Crippen molar-refractivity contribution in [3.05, 3.63) is 0 Å². The Kier molecular flexibility index (Phi) is 6.65. The number of nitrogens with one attached hydrogen (secondary N) is 1. The fourth-order valence-corrected chi connectivity index (χ4v) is 2.67. The van der Waals surface area contributed by atoms with Gasteiger partial charge in [-0.3, -0.25) is 0 Å². The van der Waals surface area contributed by atoms with Crippen LogP contribution in [-0.4, -0.2) is 39.8 Å². The number of sulfonamides is 1. The van der Waals surface area contributed by atoms with Gasteiger partial charge in [0.2, 0.25) is 10.0 Å². The molecule has 0 atom stereocenters. The van der Waals surface area contributed by atoms with E-state index in [1.807, 2.05) is 0 Å². The van der Waals surface area contributed by atoms with E-state index in [4.69, 9.17) is 16.3 Å². The summed E-state index contributed by atoms with van der Waals surface area (Å²) in [6.07, 6.45) is 3.79. The van der Waals surface area contributed by atoms with Gasteiger partial charge in [-0.05, 0) is 31.6 Å². The van der Waals surface area contributed by atoms with E-state index in [1.165, 1.54) is 12.8 Å². The average Bonchev–Trinajstić information content (AvgIpc) is 3.04. The van der Waals surface area contributed by atoms with Crippen molar-refractivity contribution in [3.8, 4) is 0 Å². The predicted octanol–water partition coefficient (Wildman–Crippen LogP) is 1.35. The lowest BCUT2D eigenvalue weighted by atomic mass is 10.4. The highest BCUT2D eigenvalue weighted by atomic mass is 35.5. The van der Waals surface area contributed by atoms with Gasteiger partial charge in [-0.2, -0.15) is 0 Å². The Bertz CT molecular complexity index is 278. The first-order chi connectivity index (χ1) is 7.64. The number of halogens is 1. The third kappa shape index (κ3) is 7.44. The van der Waals surface area contributed by atoms with Gasteiger partial charge in [0, 0.05) is 25.6 Å². The summed E-state index contributed by atoms with van der Waals surface area (Å²) in [7, 11) is -3.12. The highest BCUT2D eigenvalue weighted by Crippen LogP contribution is 2.28. The molecule has 0 aromatic heterocycles. The minimum atomic E-state index is -3.12. The van der Waals surface area contributed by atoms with Gasteiger partial charge >= 0.3 is 0 Å². The molecule has 0 unspecified atom stereocenters. The third-order valence-corrected chi connectivity index (χ3v) is 4.12. The molecule has 0 aromatic carbocycles. The van der Waals surface area contributed by atoms with E-state index < -0.39 is 10.0 Å². The Morgan fingerprint density at radius 3 is 2.69 bits per heavy atom. The molecule has 16 heavy (non-hydrogen) atoms. The molecule has 0 amide bonds. The molecule has 0 saturated heterocycles. The van der Waals surface area contributed by atoms with E-state index in [1.54, 1.807) is 0 Å². The standard InChI is InChI=1S/C10H20ClNO3S/c11-5-1-8-16(13,14)12-6-2-7-15-9-10-3-4-10/h10,12H,1-9H2. The lowest BCUT2D eigenvalue weighted by molar-refractivity contribution is 0.123. The van der Waals surface area contributed by atoms with E-state index in [-0.39, 0.29) is 5.75 Å². The minimum absolute atomic E-state index is 0.111. The van der Waals surface area contributed by atoms with Crippen molar-refractivity contribution >= 4 is 21.6 Å². The van der Waals surface area contributed by atoms with Gasteiger partial charge in [0.25, 0.3) is 0 Å². The molecule has 96 valence electrons. The Balaban J connectivity index is 1.92. The summed E-state index contributed by atoms with van der Waals surface area (Å²) in [6.45, 7) is 1.92. The molecule has 0 bridgehead atoms. The molecule has 1 fully saturated rings. The molecule has 4 nitrogen and oxygen atoms in total. The number of hydrogen-bond donors (Lipinski definition) is 1. The number of alkyl halides is 1. The van der Waals surface area contributed by atoms with Crippen LogP contribution >= 0.6 is 11.6 Å². The van der Waals surface area contributed by atoms with Gasteiger partial charge in [0.1, 0.15) is 0 Å². The summed E-state index contributed by atoms with van der Waals surface area (Å²) < 4.78 is 30.6. The third-order valence-electron chi connectivity index (χ3n) is 2.38. The molecule has 0 aliphatic heterocycles. The maximum atomic E-state index is 11.3. The van der Waals surface area contributed by atoms with Gasteiger partial charge in [0.05, 0.1) is 5.75 Å². The van der Waals surface area contributed by atoms with Crippen LogP contribution in [0, 0.1) is 5.92 Å². The molecule has 0 heterocycles. The zero-order valence-electron chi connectivity index (χ0n) is 9.45. The van der Waals surface area contributed by atoms with Crippen molar-refractivity contribution in [1.29, 1.82) is 0 Å². The van der Waals surface area contributed by atoms with E-state index in [2.05, 4.69) is 4.72 Å². The molecule has 1 saturated carbocycles. The largest absolute Gasteiger partial charge is 0.381 e. The second-order valence-electron chi connectivity index (χ2n) is 4.13. The van der Waals surface area contributed by atoms with Crippen LogP contribution in [0.2, 0.25) is 0 Å². The van der Waals surface area contributed by atoms with E-state index in [0.717, 1.165) is 18.9 Å². The SMILES string of the molecule is O=S(=O)(CCCCl)NCCCOCC1CC1. The summed E-state index contributed by atoms with van der Waals surface area (Å²) in [5.74, 6) is 1.26. The van der Waals surface area contributed by atoms with Gasteiger partial charge in [-0.25, -0.2) is 13.1 Å². The minimum Gasteiger partial charge on any atom is -0.381 e. The van der Waals surface area contributed by atoms with Gasteiger partial charge in [-0.1, -0.05) is 0 Å². The Morgan fingerprint density at radius 1 is 1.31 bits per heavy atom. The fraction of sp³-hybridized carbons (Fsp3) is 1.00. The van der Waals surface area contributed by atoms with Crippen LogP contribution in [0.5, 0.6) is 0 Å². The summed E-state index contributed by atoms with van der Waals surface area (Å²) in [4.78, 5) is 0. The van der Waals surface area contributed by atoms with E-state index in [9.17, 15) is 8.42 Å². The summed E-state index contributed by atoms with van der Waals surface area (Å²) in [5, 5.41) is 0. The maximum Gasteiger partial charge on any atom is 0.211 e. The molecule has 1 aliphatic rings. The first kappa shape index (κ1) is 14.2. The van der Waals surface area contributed by atoms with Crippen molar-refractivity contribution < 1.29 is 13.2 Å². The van der Waals surface area contributed by atoms with Gasteiger partial charge in [0.15, 0.2) is 0 Å². The van der Waals surface area contributed by atoms with Crippen LogP contribution in [0.25, 0.3) is 0 Å². The number of ether oxygens (including phenoxy) is 1. The topological polar surface area (TPSA) is 55.4 Å². The molecule has 1 rings (SSSR count). The lowest BCUT2D eigenvalue weighted by Gasteiger charge is -2.06. The quantitative estimate of drug-likeness (QED) is 0.481. The molecule has 6 heteroatoms. The summed E-state index contributed by atoms with van der Waals surface area (Å²) in [6, 6.07) is 0. The Labute approximate surface area is 103 Å². The van der Waals surface area contributed by atoms with Gasteiger partial charge < -0.3 is 4.74 Å². The van der Waals surface area contributed by atoms with Crippen LogP contribution in [0.3, 0.4) is 0 Å².